The third kappa shape index (κ3) is 4.84. The summed E-state index contributed by atoms with van der Waals surface area (Å²) in [6.45, 7) is 3.51. The first-order chi connectivity index (χ1) is 13.0. The van der Waals surface area contributed by atoms with Crippen molar-refractivity contribution in [3.8, 4) is 11.4 Å². The van der Waals surface area contributed by atoms with Crippen LogP contribution in [0.2, 0.25) is 0 Å². The molecule has 1 aromatic heterocycles. The Morgan fingerprint density at radius 3 is 2.41 bits per heavy atom. The summed E-state index contributed by atoms with van der Waals surface area (Å²) in [6, 6.07) is 14.9. The summed E-state index contributed by atoms with van der Waals surface area (Å²) in [6.07, 6.45) is 0.902. The number of aromatic nitrogens is 4. The largest absolute Gasteiger partial charge is 0.456 e. The van der Waals surface area contributed by atoms with Crippen LogP contribution in [0.4, 0.5) is 0 Å². The van der Waals surface area contributed by atoms with Gasteiger partial charge in [-0.05, 0) is 24.1 Å². The number of nitrogens with zero attached hydrogens (tertiary/aromatic N) is 4. The first kappa shape index (κ1) is 18.4. The number of carbonyl (C=O) groups is 2. The Bertz CT molecular complexity index is 931. The summed E-state index contributed by atoms with van der Waals surface area (Å²) in [5.41, 5.74) is 3.60. The van der Waals surface area contributed by atoms with Crippen LogP contribution in [0.5, 0.6) is 0 Å². The molecule has 0 saturated heterocycles. The molecule has 0 atom stereocenters. The maximum absolute atomic E-state index is 12.1. The van der Waals surface area contributed by atoms with Crippen molar-refractivity contribution in [3.05, 3.63) is 65.2 Å². The monoisotopic (exact) mass is 364 g/mol. The van der Waals surface area contributed by atoms with E-state index in [1.807, 2.05) is 50.2 Å². The Balaban J connectivity index is 1.53. The van der Waals surface area contributed by atoms with Crippen molar-refractivity contribution in [2.45, 2.75) is 26.8 Å². The van der Waals surface area contributed by atoms with Crippen LogP contribution in [0.1, 0.15) is 28.4 Å². The molecule has 3 aromatic rings. The van der Waals surface area contributed by atoms with Gasteiger partial charge in [0.05, 0.1) is 0 Å². The number of ketones is 1. The number of benzene rings is 2. The molecule has 27 heavy (non-hydrogen) atoms. The van der Waals surface area contributed by atoms with Gasteiger partial charge in [-0.1, -0.05) is 61.0 Å². The SMILES string of the molecule is CCc1ccc(C(=O)COC(=O)Cn2nnc(-c3ccc(C)cc3)n2)cc1. The molecule has 0 unspecified atom stereocenters. The zero-order chi connectivity index (χ0) is 19.2. The lowest BCUT2D eigenvalue weighted by Gasteiger charge is -2.04. The molecule has 0 spiro atoms. The highest BCUT2D eigenvalue weighted by atomic mass is 16.5. The van der Waals surface area contributed by atoms with Gasteiger partial charge in [0.2, 0.25) is 5.82 Å². The Morgan fingerprint density at radius 1 is 1.04 bits per heavy atom. The average Bonchev–Trinajstić information content (AvgIpc) is 3.15. The van der Waals surface area contributed by atoms with Gasteiger partial charge in [-0.15, -0.1) is 10.2 Å². The predicted molar refractivity (Wildman–Crippen MR) is 99.1 cm³/mol. The van der Waals surface area contributed by atoms with Gasteiger partial charge in [0.1, 0.15) is 0 Å². The summed E-state index contributed by atoms with van der Waals surface area (Å²) in [7, 11) is 0. The van der Waals surface area contributed by atoms with Gasteiger partial charge in [0.15, 0.2) is 18.9 Å². The zero-order valence-corrected chi connectivity index (χ0v) is 15.3. The number of rotatable bonds is 7. The number of carbonyl (C=O) groups excluding carboxylic acids is 2. The Labute approximate surface area is 157 Å². The minimum Gasteiger partial charge on any atom is -0.456 e. The van der Waals surface area contributed by atoms with Crippen molar-refractivity contribution in [1.29, 1.82) is 0 Å². The molecule has 3 rings (SSSR count). The number of esters is 1. The molecule has 0 saturated carbocycles. The van der Waals surface area contributed by atoms with Crippen molar-refractivity contribution in [3.63, 3.8) is 0 Å². The number of Topliss-reactive ketones (excluding diaryl/α,β-unsaturated/α-hetero) is 1. The topological polar surface area (TPSA) is 87.0 Å². The molecule has 0 aliphatic rings. The van der Waals surface area contributed by atoms with Gasteiger partial charge in [0, 0.05) is 11.1 Å². The lowest BCUT2D eigenvalue weighted by molar-refractivity contribution is -0.143. The summed E-state index contributed by atoms with van der Waals surface area (Å²) in [5, 5.41) is 11.9. The summed E-state index contributed by atoms with van der Waals surface area (Å²) in [5.74, 6) is -0.422. The van der Waals surface area contributed by atoms with E-state index in [0.717, 1.165) is 27.9 Å². The van der Waals surface area contributed by atoms with E-state index in [0.29, 0.717) is 11.4 Å². The third-order valence-corrected chi connectivity index (χ3v) is 4.08. The van der Waals surface area contributed by atoms with Gasteiger partial charge in [-0.3, -0.25) is 4.79 Å². The fourth-order valence-corrected chi connectivity index (χ4v) is 2.45. The molecule has 0 fully saturated rings. The molecule has 0 aliphatic heterocycles. The molecule has 7 nitrogen and oxygen atoms in total. The van der Waals surface area contributed by atoms with E-state index in [1.165, 1.54) is 0 Å². The smallest absolute Gasteiger partial charge is 0.330 e. The van der Waals surface area contributed by atoms with E-state index in [1.54, 1.807) is 12.1 Å². The maximum atomic E-state index is 12.1. The quantitative estimate of drug-likeness (QED) is 0.473. The van der Waals surface area contributed by atoms with E-state index in [-0.39, 0.29) is 18.9 Å². The Kier molecular flexibility index (Phi) is 5.71. The summed E-state index contributed by atoms with van der Waals surface area (Å²) < 4.78 is 5.03. The normalized spacial score (nSPS) is 10.6. The second kappa shape index (κ2) is 8.35. The van der Waals surface area contributed by atoms with E-state index in [4.69, 9.17) is 4.74 Å². The Morgan fingerprint density at radius 2 is 1.74 bits per heavy atom. The number of tetrazole rings is 1. The molecular formula is C20H20N4O3. The molecule has 0 aliphatic carbocycles. The van der Waals surface area contributed by atoms with Crippen molar-refractivity contribution in [2.75, 3.05) is 6.61 Å². The summed E-state index contributed by atoms with van der Waals surface area (Å²) >= 11 is 0. The van der Waals surface area contributed by atoms with Crippen LogP contribution in [-0.4, -0.2) is 38.6 Å². The third-order valence-electron chi connectivity index (χ3n) is 4.08. The lowest BCUT2D eigenvalue weighted by atomic mass is 10.1. The molecule has 138 valence electrons. The maximum Gasteiger partial charge on any atom is 0.330 e. The first-order valence-electron chi connectivity index (χ1n) is 8.67. The van der Waals surface area contributed by atoms with Crippen molar-refractivity contribution >= 4 is 11.8 Å². The van der Waals surface area contributed by atoms with Crippen LogP contribution in [0, 0.1) is 6.92 Å². The molecule has 1 heterocycles. The van der Waals surface area contributed by atoms with Crippen LogP contribution in [0.15, 0.2) is 48.5 Å². The first-order valence-corrected chi connectivity index (χ1v) is 8.67. The van der Waals surface area contributed by atoms with Crippen molar-refractivity contribution in [2.24, 2.45) is 0 Å². The van der Waals surface area contributed by atoms with E-state index in [2.05, 4.69) is 15.4 Å². The predicted octanol–water partition coefficient (Wildman–Crippen LogP) is 2.64. The fourth-order valence-electron chi connectivity index (χ4n) is 2.45. The van der Waals surface area contributed by atoms with E-state index >= 15 is 0 Å². The van der Waals surface area contributed by atoms with Crippen LogP contribution >= 0.6 is 0 Å². The second-order valence-corrected chi connectivity index (χ2v) is 6.14. The van der Waals surface area contributed by atoms with Crippen LogP contribution in [0.3, 0.4) is 0 Å². The molecule has 7 heteroatoms. The van der Waals surface area contributed by atoms with Crippen molar-refractivity contribution in [1.82, 2.24) is 20.2 Å². The molecular weight excluding hydrogens is 344 g/mol. The van der Waals surface area contributed by atoms with Crippen LogP contribution in [-0.2, 0) is 22.5 Å². The van der Waals surface area contributed by atoms with Crippen LogP contribution < -0.4 is 0 Å². The molecule has 0 amide bonds. The van der Waals surface area contributed by atoms with Gasteiger partial charge in [0.25, 0.3) is 0 Å². The highest BCUT2D eigenvalue weighted by Gasteiger charge is 2.13. The van der Waals surface area contributed by atoms with Gasteiger partial charge in [-0.25, -0.2) is 4.79 Å². The minimum absolute atomic E-state index is 0.207. The molecule has 0 bridgehead atoms. The zero-order valence-electron chi connectivity index (χ0n) is 15.3. The minimum atomic E-state index is -0.596. The highest BCUT2D eigenvalue weighted by molar-refractivity contribution is 5.97. The highest BCUT2D eigenvalue weighted by Crippen LogP contribution is 2.14. The lowest BCUT2D eigenvalue weighted by Crippen LogP contribution is -2.19. The number of hydrogen-bond donors (Lipinski definition) is 0. The summed E-state index contributed by atoms with van der Waals surface area (Å²) in [4.78, 5) is 25.2. The van der Waals surface area contributed by atoms with Gasteiger partial charge < -0.3 is 4.74 Å². The molecule has 0 radical (unpaired) electrons. The second-order valence-electron chi connectivity index (χ2n) is 6.14. The van der Waals surface area contributed by atoms with Gasteiger partial charge in [-0.2, -0.15) is 4.80 Å². The number of ether oxygens (including phenoxy) is 1. The average molecular weight is 364 g/mol. The van der Waals surface area contributed by atoms with E-state index < -0.39 is 5.97 Å². The Hall–Kier alpha value is -3.35. The standard InChI is InChI=1S/C20H20N4O3/c1-3-15-6-10-16(11-7-15)18(25)13-27-19(26)12-24-22-20(21-23-24)17-8-4-14(2)5-9-17/h4-11H,3,12-13H2,1-2H3. The number of hydrogen-bond acceptors (Lipinski definition) is 6. The fraction of sp³-hybridized carbons (Fsp3) is 0.250. The van der Waals surface area contributed by atoms with Gasteiger partial charge >= 0.3 is 5.97 Å². The van der Waals surface area contributed by atoms with Crippen molar-refractivity contribution < 1.29 is 14.3 Å². The number of aryl methyl sites for hydroxylation is 2. The molecule has 0 N–H and O–H groups in total. The van der Waals surface area contributed by atoms with E-state index in [9.17, 15) is 9.59 Å². The molecule has 2 aromatic carbocycles. The van der Waals surface area contributed by atoms with Crippen LogP contribution in [0.25, 0.3) is 11.4 Å².